The molecule has 0 amide bonds. The van der Waals surface area contributed by atoms with Crippen LogP contribution in [0.2, 0.25) is 0 Å². The standard InChI is InChI=1S/C10H15N3O2S/c1-2-8-11-12-10(16-6-9(14)15)13(8)7-4-3-5-7/h7H,2-6H2,1H3,(H,14,15). The lowest BCUT2D eigenvalue weighted by molar-refractivity contribution is -0.133. The lowest BCUT2D eigenvalue weighted by Crippen LogP contribution is -2.20. The summed E-state index contributed by atoms with van der Waals surface area (Å²) in [6, 6.07) is 0.487. The van der Waals surface area contributed by atoms with E-state index in [1.807, 2.05) is 6.92 Å². The van der Waals surface area contributed by atoms with Crippen LogP contribution in [0.1, 0.15) is 38.1 Å². The van der Waals surface area contributed by atoms with Gasteiger partial charge < -0.3 is 9.67 Å². The maximum atomic E-state index is 10.5. The van der Waals surface area contributed by atoms with E-state index in [1.54, 1.807) is 0 Å². The van der Waals surface area contributed by atoms with Crippen molar-refractivity contribution in [2.24, 2.45) is 0 Å². The van der Waals surface area contributed by atoms with Gasteiger partial charge in [-0.3, -0.25) is 4.79 Å². The van der Waals surface area contributed by atoms with Gasteiger partial charge in [0.2, 0.25) is 0 Å². The monoisotopic (exact) mass is 241 g/mol. The second kappa shape index (κ2) is 4.86. The fraction of sp³-hybridized carbons (Fsp3) is 0.700. The summed E-state index contributed by atoms with van der Waals surface area (Å²) in [5, 5.41) is 17.6. The van der Waals surface area contributed by atoms with Gasteiger partial charge in [-0.2, -0.15) is 0 Å². The number of aliphatic carboxylic acids is 1. The van der Waals surface area contributed by atoms with Crippen molar-refractivity contribution >= 4 is 17.7 Å². The van der Waals surface area contributed by atoms with Crippen LogP contribution in [0.15, 0.2) is 5.16 Å². The molecule has 0 aliphatic heterocycles. The molecule has 1 heterocycles. The molecule has 0 aromatic carbocycles. The zero-order chi connectivity index (χ0) is 11.5. The molecule has 0 unspecified atom stereocenters. The Hall–Kier alpha value is -1.04. The maximum Gasteiger partial charge on any atom is 0.313 e. The fourth-order valence-corrected chi connectivity index (χ4v) is 2.53. The highest BCUT2D eigenvalue weighted by Gasteiger charge is 2.25. The fourth-order valence-electron chi connectivity index (χ4n) is 1.78. The summed E-state index contributed by atoms with van der Waals surface area (Å²) < 4.78 is 2.12. The Morgan fingerprint density at radius 1 is 1.56 bits per heavy atom. The van der Waals surface area contributed by atoms with Crippen LogP contribution >= 0.6 is 11.8 Å². The summed E-state index contributed by atoms with van der Waals surface area (Å²) in [4.78, 5) is 10.5. The minimum Gasteiger partial charge on any atom is -0.481 e. The molecule has 1 N–H and O–H groups in total. The smallest absolute Gasteiger partial charge is 0.313 e. The molecule has 1 saturated carbocycles. The average Bonchev–Trinajstić information content (AvgIpc) is 2.55. The van der Waals surface area contributed by atoms with Crippen LogP contribution in [0.25, 0.3) is 0 Å². The van der Waals surface area contributed by atoms with Gasteiger partial charge in [0.15, 0.2) is 5.16 Å². The number of aromatic nitrogens is 3. The molecule has 1 fully saturated rings. The predicted octanol–water partition coefficient (Wildman–Crippen LogP) is 1.74. The Kier molecular flexibility index (Phi) is 3.48. The number of rotatable bonds is 5. The van der Waals surface area contributed by atoms with E-state index < -0.39 is 5.97 Å². The topological polar surface area (TPSA) is 68.0 Å². The normalized spacial score (nSPS) is 16.1. The predicted molar refractivity (Wildman–Crippen MR) is 60.6 cm³/mol. The molecular weight excluding hydrogens is 226 g/mol. The lowest BCUT2D eigenvalue weighted by atomic mass is 9.93. The van der Waals surface area contributed by atoms with Gasteiger partial charge in [0.05, 0.1) is 5.75 Å². The van der Waals surface area contributed by atoms with Gasteiger partial charge in [0.25, 0.3) is 0 Å². The zero-order valence-electron chi connectivity index (χ0n) is 9.22. The van der Waals surface area contributed by atoms with Crippen molar-refractivity contribution < 1.29 is 9.90 Å². The molecule has 0 saturated heterocycles. The molecule has 1 aromatic heterocycles. The van der Waals surface area contributed by atoms with Crippen molar-refractivity contribution in [2.75, 3.05) is 5.75 Å². The van der Waals surface area contributed by atoms with Crippen molar-refractivity contribution in [2.45, 2.75) is 43.8 Å². The third-order valence-corrected chi connectivity index (χ3v) is 3.74. The number of hydrogen-bond donors (Lipinski definition) is 1. The summed E-state index contributed by atoms with van der Waals surface area (Å²) in [6.45, 7) is 2.05. The van der Waals surface area contributed by atoms with E-state index in [2.05, 4.69) is 14.8 Å². The Morgan fingerprint density at radius 2 is 2.31 bits per heavy atom. The minimum absolute atomic E-state index is 0.0502. The summed E-state index contributed by atoms with van der Waals surface area (Å²) in [6.07, 6.45) is 4.41. The first-order valence-electron chi connectivity index (χ1n) is 5.50. The van der Waals surface area contributed by atoms with Crippen molar-refractivity contribution in [1.29, 1.82) is 0 Å². The molecular formula is C10H15N3O2S. The van der Waals surface area contributed by atoms with Gasteiger partial charge in [-0.15, -0.1) is 10.2 Å². The van der Waals surface area contributed by atoms with E-state index in [0.717, 1.165) is 30.2 Å². The second-order valence-corrected chi connectivity index (χ2v) is 4.83. The quantitative estimate of drug-likeness (QED) is 0.795. The number of carboxylic acids is 1. The van der Waals surface area contributed by atoms with Gasteiger partial charge in [-0.1, -0.05) is 18.7 Å². The first-order chi connectivity index (χ1) is 7.72. The van der Waals surface area contributed by atoms with Gasteiger partial charge in [-0.05, 0) is 19.3 Å². The summed E-state index contributed by atoms with van der Waals surface area (Å²) in [5.41, 5.74) is 0. The van der Waals surface area contributed by atoms with Crippen LogP contribution in [-0.2, 0) is 11.2 Å². The van der Waals surface area contributed by atoms with E-state index >= 15 is 0 Å². The summed E-state index contributed by atoms with van der Waals surface area (Å²) in [5.74, 6) is 0.206. The molecule has 5 nitrogen and oxygen atoms in total. The van der Waals surface area contributed by atoms with Crippen LogP contribution in [-0.4, -0.2) is 31.6 Å². The first-order valence-corrected chi connectivity index (χ1v) is 6.49. The first kappa shape index (κ1) is 11.4. The zero-order valence-corrected chi connectivity index (χ0v) is 10.0. The second-order valence-electron chi connectivity index (χ2n) is 3.89. The van der Waals surface area contributed by atoms with Crippen LogP contribution in [0.3, 0.4) is 0 Å². The van der Waals surface area contributed by atoms with Crippen molar-refractivity contribution in [3.8, 4) is 0 Å². The molecule has 88 valence electrons. The highest BCUT2D eigenvalue weighted by atomic mass is 32.2. The Morgan fingerprint density at radius 3 is 2.81 bits per heavy atom. The Bertz CT molecular complexity index is 387. The molecule has 2 rings (SSSR count). The van der Waals surface area contributed by atoms with Crippen molar-refractivity contribution in [3.63, 3.8) is 0 Å². The third-order valence-electron chi connectivity index (χ3n) is 2.82. The van der Waals surface area contributed by atoms with Gasteiger partial charge in [-0.25, -0.2) is 0 Å². The largest absolute Gasteiger partial charge is 0.481 e. The number of carboxylic acid groups (broad SMARTS) is 1. The Balaban J connectivity index is 2.16. The average molecular weight is 241 g/mol. The molecule has 6 heteroatoms. The number of thioether (sulfide) groups is 1. The SMILES string of the molecule is CCc1nnc(SCC(=O)O)n1C1CCC1. The minimum atomic E-state index is -0.814. The van der Waals surface area contributed by atoms with Crippen molar-refractivity contribution in [3.05, 3.63) is 5.82 Å². The highest BCUT2D eigenvalue weighted by Crippen LogP contribution is 2.35. The van der Waals surface area contributed by atoms with E-state index in [0.29, 0.717) is 6.04 Å². The van der Waals surface area contributed by atoms with Crippen LogP contribution in [0, 0.1) is 0 Å². The molecule has 16 heavy (non-hydrogen) atoms. The van der Waals surface area contributed by atoms with E-state index in [9.17, 15) is 4.79 Å². The van der Waals surface area contributed by atoms with Crippen LogP contribution in [0.4, 0.5) is 0 Å². The molecule has 1 aliphatic rings. The number of aryl methyl sites for hydroxylation is 1. The van der Waals surface area contributed by atoms with Crippen LogP contribution in [0.5, 0.6) is 0 Å². The third kappa shape index (κ3) is 2.21. The lowest BCUT2D eigenvalue weighted by Gasteiger charge is -2.28. The van der Waals surface area contributed by atoms with Crippen molar-refractivity contribution in [1.82, 2.24) is 14.8 Å². The summed E-state index contributed by atoms with van der Waals surface area (Å²) in [7, 11) is 0. The number of nitrogens with zero attached hydrogens (tertiary/aromatic N) is 3. The highest BCUT2D eigenvalue weighted by molar-refractivity contribution is 7.99. The molecule has 0 atom stereocenters. The van der Waals surface area contributed by atoms with E-state index in [-0.39, 0.29) is 5.75 Å². The van der Waals surface area contributed by atoms with E-state index in [1.165, 1.54) is 18.2 Å². The number of carbonyl (C=O) groups is 1. The molecule has 1 aromatic rings. The van der Waals surface area contributed by atoms with Gasteiger partial charge in [0.1, 0.15) is 5.82 Å². The van der Waals surface area contributed by atoms with Gasteiger partial charge >= 0.3 is 5.97 Å². The van der Waals surface area contributed by atoms with Crippen LogP contribution < -0.4 is 0 Å². The molecule has 1 aliphatic carbocycles. The molecule has 0 radical (unpaired) electrons. The Labute approximate surface area is 98.3 Å². The maximum absolute atomic E-state index is 10.5. The molecule has 0 bridgehead atoms. The van der Waals surface area contributed by atoms with Gasteiger partial charge in [0, 0.05) is 12.5 Å². The number of hydrogen-bond acceptors (Lipinski definition) is 4. The van der Waals surface area contributed by atoms with E-state index in [4.69, 9.17) is 5.11 Å². The summed E-state index contributed by atoms with van der Waals surface area (Å²) >= 11 is 1.26. The molecule has 0 spiro atoms.